The van der Waals surface area contributed by atoms with E-state index >= 15 is 0 Å². The van der Waals surface area contributed by atoms with E-state index in [-0.39, 0.29) is 6.04 Å². The minimum Gasteiger partial charge on any atom is -0.326 e. The van der Waals surface area contributed by atoms with Crippen LogP contribution < -0.4 is 5.73 Å². The number of aryl methyl sites for hydroxylation is 2. The van der Waals surface area contributed by atoms with Crippen molar-refractivity contribution in [1.29, 1.82) is 0 Å². The second-order valence-corrected chi connectivity index (χ2v) is 7.22. The largest absolute Gasteiger partial charge is 0.326 e. The van der Waals surface area contributed by atoms with Crippen molar-refractivity contribution in [3.05, 3.63) is 34.9 Å². The molecule has 4 heteroatoms. The molecule has 0 aromatic heterocycles. The number of sulfone groups is 1. The first-order chi connectivity index (χ1) is 7.71. The van der Waals surface area contributed by atoms with Gasteiger partial charge >= 0.3 is 0 Å². The molecule has 2 N–H and O–H groups in total. The van der Waals surface area contributed by atoms with Crippen molar-refractivity contribution in [3.8, 4) is 0 Å². The number of rotatable bonds is 4. The van der Waals surface area contributed by atoms with Gasteiger partial charge in [-0.15, -0.1) is 0 Å². The first-order valence-corrected chi connectivity index (χ1v) is 7.68. The van der Waals surface area contributed by atoms with Crippen molar-refractivity contribution in [2.24, 2.45) is 5.73 Å². The summed E-state index contributed by atoms with van der Waals surface area (Å²) in [6, 6.07) is 5.77. The highest BCUT2D eigenvalue weighted by atomic mass is 32.2. The van der Waals surface area contributed by atoms with Crippen molar-refractivity contribution in [2.45, 2.75) is 38.5 Å². The Labute approximate surface area is 104 Å². The Hall–Kier alpha value is -0.870. The number of hydrogen-bond donors (Lipinski definition) is 1. The van der Waals surface area contributed by atoms with Gasteiger partial charge in [-0.05, 0) is 43.9 Å². The first kappa shape index (κ1) is 14.2. The monoisotopic (exact) mass is 255 g/mol. The maximum atomic E-state index is 11.4. The predicted molar refractivity (Wildman–Crippen MR) is 71.9 cm³/mol. The van der Waals surface area contributed by atoms with Crippen LogP contribution in [-0.4, -0.2) is 26.0 Å². The van der Waals surface area contributed by atoms with Gasteiger partial charge < -0.3 is 5.73 Å². The molecule has 3 nitrogen and oxygen atoms in total. The molecule has 0 amide bonds. The molecule has 0 saturated heterocycles. The van der Waals surface area contributed by atoms with Gasteiger partial charge in [0, 0.05) is 12.3 Å². The number of nitrogens with two attached hydrogens (primary N) is 1. The third-order valence-electron chi connectivity index (χ3n) is 3.32. The Bertz CT molecular complexity index is 494. The smallest absolute Gasteiger partial charge is 0.151 e. The zero-order chi connectivity index (χ0) is 13.2. The quantitative estimate of drug-likeness (QED) is 0.889. The van der Waals surface area contributed by atoms with E-state index in [2.05, 4.69) is 13.0 Å². The van der Waals surface area contributed by atoms with Crippen LogP contribution in [-0.2, 0) is 16.3 Å². The molecule has 0 bridgehead atoms. The van der Waals surface area contributed by atoms with E-state index < -0.39 is 15.1 Å². The Balaban J connectivity index is 2.81. The summed E-state index contributed by atoms with van der Waals surface area (Å²) in [6.45, 7) is 5.77. The minimum atomic E-state index is -3.07. The summed E-state index contributed by atoms with van der Waals surface area (Å²) < 4.78 is 22.8. The zero-order valence-electron chi connectivity index (χ0n) is 10.9. The molecular weight excluding hydrogens is 234 g/mol. The van der Waals surface area contributed by atoms with Gasteiger partial charge in [0.2, 0.25) is 0 Å². The van der Waals surface area contributed by atoms with Gasteiger partial charge in [-0.3, -0.25) is 0 Å². The summed E-state index contributed by atoms with van der Waals surface area (Å²) in [4.78, 5) is 0. The predicted octanol–water partition coefficient (Wildman–Crippen LogP) is 1.61. The van der Waals surface area contributed by atoms with Crippen molar-refractivity contribution in [2.75, 3.05) is 6.26 Å². The molecule has 0 saturated carbocycles. The van der Waals surface area contributed by atoms with Gasteiger partial charge in [0.15, 0.2) is 9.84 Å². The topological polar surface area (TPSA) is 60.2 Å². The third-order valence-corrected chi connectivity index (χ3v) is 5.02. The fourth-order valence-electron chi connectivity index (χ4n) is 1.69. The van der Waals surface area contributed by atoms with Crippen molar-refractivity contribution < 1.29 is 8.42 Å². The van der Waals surface area contributed by atoms with Crippen LogP contribution in [0, 0.1) is 13.8 Å². The van der Waals surface area contributed by atoms with E-state index in [1.807, 2.05) is 19.1 Å². The van der Waals surface area contributed by atoms with Crippen LogP contribution in [0.1, 0.15) is 23.6 Å². The van der Waals surface area contributed by atoms with Crippen LogP contribution in [0.2, 0.25) is 0 Å². The molecule has 2 atom stereocenters. The Morgan fingerprint density at radius 2 is 1.82 bits per heavy atom. The van der Waals surface area contributed by atoms with Crippen molar-refractivity contribution in [3.63, 3.8) is 0 Å². The highest BCUT2D eigenvalue weighted by Gasteiger charge is 2.22. The van der Waals surface area contributed by atoms with Gasteiger partial charge in [-0.25, -0.2) is 8.42 Å². The van der Waals surface area contributed by atoms with E-state index in [0.717, 1.165) is 5.56 Å². The van der Waals surface area contributed by atoms with Crippen LogP contribution >= 0.6 is 0 Å². The SMILES string of the molecule is Cc1ccc(CC(N)C(C)S(C)(=O)=O)cc1C. The lowest BCUT2D eigenvalue weighted by Gasteiger charge is -2.18. The average Bonchev–Trinajstić information content (AvgIpc) is 2.21. The Morgan fingerprint density at radius 3 is 2.29 bits per heavy atom. The molecular formula is C13H21NO2S. The van der Waals surface area contributed by atoms with Crippen LogP contribution in [0.5, 0.6) is 0 Å². The molecule has 0 aliphatic rings. The van der Waals surface area contributed by atoms with E-state index in [4.69, 9.17) is 5.73 Å². The molecule has 0 radical (unpaired) electrons. The fourth-order valence-corrected chi connectivity index (χ4v) is 2.42. The molecule has 1 aromatic rings. The van der Waals surface area contributed by atoms with E-state index in [0.29, 0.717) is 6.42 Å². The molecule has 17 heavy (non-hydrogen) atoms. The molecule has 0 fully saturated rings. The first-order valence-electron chi connectivity index (χ1n) is 5.72. The highest BCUT2D eigenvalue weighted by molar-refractivity contribution is 7.91. The van der Waals surface area contributed by atoms with Crippen LogP contribution in [0.25, 0.3) is 0 Å². The maximum Gasteiger partial charge on any atom is 0.151 e. The Kier molecular flexibility index (Phi) is 4.33. The number of benzene rings is 1. The van der Waals surface area contributed by atoms with E-state index in [1.54, 1.807) is 6.92 Å². The molecule has 0 aliphatic carbocycles. The molecule has 1 aromatic carbocycles. The van der Waals surface area contributed by atoms with E-state index in [9.17, 15) is 8.42 Å². The second kappa shape index (κ2) is 5.19. The number of hydrogen-bond acceptors (Lipinski definition) is 3. The summed E-state index contributed by atoms with van der Waals surface area (Å²) in [5.74, 6) is 0. The maximum absolute atomic E-state index is 11.4. The second-order valence-electron chi connectivity index (χ2n) is 4.82. The molecule has 0 aliphatic heterocycles. The molecule has 96 valence electrons. The van der Waals surface area contributed by atoms with E-state index in [1.165, 1.54) is 17.4 Å². The van der Waals surface area contributed by atoms with Gasteiger partial charge in [-0.2, -0.15) is 0 Å². The lowest BCUT2D eigenvalue weighted by molar-refractivity contribution is 0.562. The lowest BCUT2D eigenvalue weighted by atomic mass is 10.00. The standard InChI is InChI=1S/C13H21NO2S/c1-9-5-6-12(7-10(9)2)8-13(14)11(3)17(4,15)16/h5-7,11,13H,8,14H2,1-4H3. The zero-order valence-corrected chi connectivity index (χ0v) is 11.7. The summed E-state index contributed by atoms with van der Waals surface area (Å²) >= 11 is 0. The molecule has 2 unspecified atom stereocenters. The van der Waals surface area contributed by atoms with Gasteiger partial charge in [0.05, 0.1) is 5.25 Å². The molecule has 1 rings (SSSR count). The van der Waals surface area contributed by atoms with Gasteiger partial charge in [0.25, 0.3) is 0 Å². The average molecular weight is 255 g/mol. The van der Waals surface area contributed by atoms with Crippen LogP contribution in [0.3, 0.4) is 0 Å². The summed E-state index contributed by atoms with van der Waals surface area (Å²) in [5.41, 5.74) is 9.48. The molecule has 0 spiro atoms. The minimum absolute atomic E-state index is 0.355. The molecule has 0 heterocycles. The Morgan fingerprint density at radius 1 is 1.24 bits per heavy atom. The van der Waals surface area contributed by atoms with Crippen LogP contribution in [0.15, 0.2) is 18.2 Å². The van der Waals surface area contributed by atoms with Crippen molar-refractivity contribution >= 4 is 9.84 Å². The van der Waals surface area contributed by atoms with Crippen molar-refractivity contribution in [1.82, 2.24) is 0 Å². The summed E-state index contributed by atoms with van der Waals surface area (Å²) in [5, 5.41) is -0.510. The third kappa shape index (κ3) is 3.82. The van der Waals surface area contributed by atoms with Gasteiger partial charge in [-0.1, -0.05) is 18.2 Å². The normalized spacial score (nSPS) is 15.6. The summed E-state index contributed by atoms with van der Waals surface area (Å²) in [7, 11) is -3.07. The summed E-state index contributed by atoms with van der Waals surface area (Å²) in [6.07, 6.45) is 1.83. The van der Waals surface area contributed by atoms with Crippen LogP contribution in [0.4, 0.5) is 0 Å². The fraction of sp³-hybridized carbons (Fsp3) is 0.538. The highest BCUT2D eigenvalue weighted by Crippen LogP contribution is 2.13. The van der Waals surface area contributed by atoms with Gasteiger partial charge in [0.1, 0.15) is 0 Å². The lowest BCUT2D eigenvalue weighted by Crippen LogP contribution is -2.39.